The number of nitrogens with zero attached hydrogens (tertiary/aromatic N) is 4. The van der Waals surface area contributed by atoms with Gasteiger partial charge in [0.1, 0.15) is 11.6 Å². The fourth-order valence-corrected chi connectivity index (χ4v) is 2.36. The van der Waals surface area contributed by atoms with Crippen molar-refractivity contribution in [3.63, 3.8) is 0 Å². The Morgan fingerprint density at radius 2 is 2.23 bits per heavy atom. The van der Waals surface area contributed by atoms with E-state index in [4.69, 9.17) is 5.11 Å². The molecule has 0 aliphatic carbocycles. The van der Waals surface area contributed by atoms with E-state index in [1.165, 1.54) is 6.07 Å². The molecule has 6 heteroatoms. The summed E-state index contributed by atoms with van der Waals surface area (Å²) in [4.78, 5) is 21.5. The molecule has 6 nitrogen and oxygen atoms in total. The van der Waals surface area contributed by atoms with Crippen molar-refractivity contribution >= 4 is 11.8 Å². The van der Waals surface area contributed by atoms with Crippen LogP contribution in [0.1, 0.15) is 36.1 Å². The molecule has 0 atom stereocenters. The lowest BCUT2D eigenvalue weighted by molar-refractivity contribution is 0.0690. The Hall–Kier alpha value is -2.37. The van der Waals surface area contributed by atoms with E-state index < -0.39 is 5.97 Å². The van der Waals surface area contributed by atoms with E-state index in [9.17, 15) is 4.79 Å². The maximum absolute atomic E-state index is 11.0. The number of pyridine rings is 1. The molecular formula is C16H22N4O2. The van der Waals surface area contributed by atoms with Crippen molar-refractivity contribution in [1.29, 1.82) is 0 Å². The first-order valence-electron chi connectivity index (χ1n) is 7.53. The minimum Gasteiger partial charge on any atom is -0.477 e. The summed E-state index contributed by atoms with van der Waals surface area (Å²) >= 11 is 0. The van der Waals surface area contributed by atoms with Gasteiger partial charge in [0, 0.05) is 39.0 Å². The number of anilines is 1. The van der Waals surface area contributed by atoms with Crippen molar-refractivity contribution in [1.82, 2.24) is 14.5 Å². The molecule has 2 aromatic rings. The van der Waals surface area contributed by atoms with Crippen molar-refractivity contribution in [2.24, 2.45) is 0 Å². The standard InChI is InChI=1S/C16H22N4O2/c1-3-10-20-12-9-17-14(20)8-5-11-19(2)15-7-4-6-13(18-15)16(21)22/h4,6-7,9,12H,3,5,8,10-11H2,1-2H3,(H,21,22). The molecule has 22 heavy (non-hydrogen) atoms. The molecule has 0 fully saturated rings. The summed E-state index contributed by atoms with van der Waals surface area (Å²) in [5.74, 6) is 0.774. The molecule has 0 unspecified atom stereocenters. The number of carboxylic acids is 1. The van der Waals surface area contributed by atoms with E-state index in [-0.39, 0.29) is 5.69 Å². The third-order valence-corrected chi connectivity index (χ3v) is 3.50. The molecule has 0 amide bonds. The predicted molar refractivity (Wildman–Crippen MR) is 85.3 cm³/mol. The Morgan fingerprint density at radius 1 is 1.41 bits per heavy atom. The second-order valence-corrected chi connectivity index (χ2v) is 5.25. The smallest absolute Gasteiger partial charge is 0.354 e. The highest BCUT2D eigenvalue weighted by atomic mass is 16.4. The lowest BCUT2D eigenvalue weighted by Gasteiger charge is -2.18. The van der Waals surface area contributed by atoms with Crippen molar-refractivity contribution in [3.05, 3.63) is 42.1 Å². The number of aromatic nitrogens is 3. The summed E-state index contributed by atoms with van der Waals surface area (Å²) in [5, 5.41) is 8.98. The molecule has 2 rings (SSSR count). The zero-order valence-corrected chi connectivity index (χ0v) is 13.1. The number of aromatic carboxylic acids is 1. The molecule has 0 radical (unpaired) electrons. The first-order chi connectivity index (χ1) is 10.6. The first kappa shape index (κ1) is 16.0. The van der Waals surface area contributed by atoms with Crippen LogP contribution in [0.5, 0.6) is 0 Å². The van der Waals surface area contributed by atoms with Crippen LogP contribution in [0.15, 0.2) is 30.6 Å². The summed E-state index contributed by atoms with van der Waals surface area (Å²) in [6.07, 6.45) is 6.79. The summed E-state index contributed by atoms with van der Waals surface area (Å²) in [5.41, 5.74) is 0.0721. The largest absolute Gasteiger partial charge is 0.477 e. The SMILES string of the molecule is CCCn1ccnc1CCCN(C)c1cccc(C(=O)O)n1. The highest BCUT2D eigenvalue weighted by Gasteiger charge is 2.09. The Balaban J connectivity index is 1.90. The minimum absolute atomic E-state index is 0.0721. The van der Waals surface area contributed by atoms with Gasteiger partial charge in [-0.25, -0.2) is 14.8 Å². The number of imidazole rings is 1. The monoisotopic (exact) mass is 302 g/mol. The van der Waals surface area contributed by atoms with Crippen LogP contribution in [0.3, 0.4) is 0 Å². The van der Waals surface area contributed by atoms with Crippen molar-refractivity contribution in [2.45, 2.75) is 32.7 Å². The molecule has 0 spiro atoms. The normalized spacial score (nSPS) is 10.6. The van der Waals surface area contributed by atoms with Gasteiger partial charge in [0.2, 0.25) is 0 Å². The Morgan fingerprint density at radius 3 is 2.95 bits per heavy atom. The van der Waals surface area contributed by atoms with Crippen LogP contribution < -0.4 is 4.90 Å². The maximum atomic E-state index is 11.0. The van der Waals surface area contributed by atoms with Gasteiger partial charge in [0.05, 0.1) is 0 Å². The molecule has 2 aromatic heterocycles. The number of hydrogen-bond donors (Lipinski definition) is 1. The average molecular weight is 302 g/mol. The number of aryl methyl sites for hydroxylation is 2. The van der Waals surface area contributed by atoms with Crippen molar-refractivity contribution in [2.75, 3.05) is 18.5 Å². The molecule has 0 aromatic carbocycles. The summed E-state index contributed by atoms with van der Waals surface area (Å²) < 4.78 is 2.18. The molecular weight excluding hydrogens is 280 g/mol. The van der Waals surface area contributed by atoms with Crippen molar-refractivity contribution < 1.29 is 9.90 Å². The van der Waals surface area contributed by atoms with Crippen LogP contribution in [0.25, 0.3) is 0 Å². The van der Waals surface area contributed by atoms with Gasteiger partial charge in [-0.1, -0.05) is 13.0 Å². The average Bonchev–Trinajstić information content (AvgIpc) is 2.95. The minimum atomic E-state index is -1.00. The Kier molecular flexibility index (Phi) is 5.52. The van der Waals surface area contributed by atoms with E-state index in [2.05, 4.69) is 21.5 Å². The van der Waals surface area contributed by atoms with E-state index in [0.717, 1.165) is 38.2 Å². The van der Waals surface area contributed by atoms with Gasteiger partial charge in [-0.2, -0.15) is 0 Å². The number of hydrogen-bond acceptors (Lipinski definition) is 4. The number of rotatable bonds is 8. The highest BCUT2D eigenvalue weighted by Crippen LogP contribution is 2.11. The predicted octanol–water partition coefficient (Wildman–Crippen LogP) is 2.46. The van der Waals surface area contributed by atoms with E-state index >= 15 is 0 Å². The van der Waals surface area contributed by atoms with Gasteiger partial charge < -0.3 is 14.6 Å². The molecule has 1 N–H and O–H groups in total. The van der Waals surface area contributed by atoms with E-state index in [1.807, 2.05) is 30.4 Å². The molecule has 0 aliphatic heterocycles. The molecule has 118 valence electrons. The lowest BCUT2D eigenvalue weighted by Crippen LogP contribution is -2.21. The first-order valence-corrected chi connectivity index (χ1v) is 7.53. The second kappa shape index (κ2) is 7.59. The molecule has 0 aliphatic rings. The van der Waals surface area contributed by atoms with Crippen LogP contribution in [-0.4, -0.2) is 39.2 Å². The van der Waals surface area contributed by atoms with E-state index in [0.29, 0.717) is 5.82 Å². The number of carboxylic acid groups (broad SMARTS) is 1. The topological polar surface area (TPSA) is 71.2 Å². The van der Waals surface area contributed by atoms with Gasteiger partial charge in [0.25, 0.3) is 0 Å². The molecule has 0 saturated heterocycles. The van der Waals surface area contributed by atoms with Gasteiger partial charge in [-0.05, 0) is 25.0 Å². The van der Waals surface area contributed by atoms with Crippen LogP contribution >= 0.6 is 0 Å². The van der Waals surface area contributed by atoms with Gasteiger partial charge in [-0.15, -0.1) is 0 Å². The van der Waals surface area contributed by atoms with Crippen LogP contribution in [-0.2, 0) is 13.0 Å². The lowest BCUT2D eigenvalue weighted by atomic mass is 10.2. The zero-order valence-electron chi connectivity index (χ0n) is 13.1. The molecule has 2 heterocycles. The quantitative estimate of drug-likeness (QED) is 0.811. The summed E-state index contributed by atoms with van der Waals surface area (Å²) in [6, 6.07) is 5.04. The van der Waals surface area contributed by atoms with E-state index in [1.54, 1.807) is 6.07 Å². The van der Waals surface area contributed by atoms with Crippen LogP contribution in [0.4, 0.5) is 5.82 Å². The van der Waals surface area contributed by atoms with Gasteiger partial charge >= 0.3 is 5.97 Å². The van der Waals surface area contributed by atoms with Crippen molar-refractivity contribution in [3.8, 4) is 0 Å². The van der Waals surface area contributed by atoms with Crippen LogP contribution in [0, 0.1) is 0 Å². The fraction of sp³-hybridized carbons (Fsp3) is 0.438. The molecule has 0 bridgehead atoms. The van der Waals surface area contributed by atoms with Gasteiger partial charge in [0.15, 0.2) is 5.69 Å². The Bertz CT molecular complexity index is 624. The third-order valence-electron chi connectivity index (χ3n) is 3.50. The maximum Gasteiger partial charge on any atom is 0.354 e. The third kappa shape index (κ3) is 4.07. The zero-order chi connectivity index (χ0) is 15.9. The van der Waals surface area contributed by atoms with Crippen LogP contribution in [0.2, 0.25) is 0 Å². The van der Waals surface area contributed by atoms with Gasteiger partial charge in [-0.3, -0.25) is 0 Å². The second-order valence-electron chi connectivity index (χ2n) is 5.25. The molecule has 0 saturated carbocycles. The summed E-state index contributed by atoms with van der Waals surface area (Å²) in [7, 11) is 1.92. The number of carbonyl (C=O) groups is 1. The Labute approximate surface area is 130 Å². The fourth-order valence-electron chi connectivity index (χ4n) is 2.36. The summed E-state index contributed by atoms with van der Waals surface area (Å²) in [6.45, 7) is 3.95. The highest BCUT2D eigenvalue weighted by molar-refractivity contribution is 5.85.